The Bertz CT molecular complexity index is 1250. The molecule has 8 heteroatoms. The molecule has 172 valence electrons. The molecule has 0 bridgehead atoms. The maximum Gasteiger partial charge on any atom is 0.264 e. The van der Waals surface area contributed by atoms with Crippen LogP contribution < -0.4 is 9.46 Å². The Morgan fingerprint density at radius 1 is 1.09 bits per heavy atom. The summed E-state index contributed by atoms with van der Waals surface area (Å²) in [4.78, 5) is 14.9. The zero-order valence-electron chi connectivity index (χ0n) is 18.4. The first-order valence-corrected chi connectivity index (χ1v) is 12.2. The molecule has 1 heterocycles. The number of fused-ring (bicyclic) bond motifs is 1. The lowest BCUT2D eigenvalue weighted by Gasteiger charge is -2.31. The summed E-state index contributed by atoms with van der Waals surface area (Å²) in [5, 5.41) is 0. The predicted octanol–water partition coefficient (Wildman–Crippen LogP) is 4.89. The molecule has 33 heavy (non-hydrogen) atoms. The lowest BCUT2D eigenvalue weighted by atomic mass is 10.0. The fraction of sp³-hybridized carbons (Fsp3) is 0.240. The molecule has 1 N–H and O–H groups in total. The van der Waals surface area contributed by atoms with Crippen LogP contribution in [0.4, 0.5) is 10.1 Å². The van der Waals surface area contributed by atoms with Crippen molar-refractivity contribution in [2.24, 2.45) is 0 Å². The van der Waals surface area contributed by atoms with Gasteiger partial charge in [-0.15, -0.1) is 0 Å². The summed E-state index contributed by atoms with van der Waals surface area (Å²) >= 11 is 0. The van der Waals surface area contributed by atoms with Crippen LogP contribution in [0.1, 0.15) is 37.4 Å². The highest BCUT2D eigenvalue weighted by atomic mass is 32.2. The van der Waals surface area contributed by atoms with Crippen LogP contribution in [0, 0.1) is 5.82 Å². The molecule has 0 spiro atoms. The summed E-state index contributed by atoms with van der Waals surface area (Å²) in [6.45, 7) is 4.01. The Morgan fingerprint density at radius 3 is 2.45 bits per heavy atom. The van der Waals surface area contributed by atoms with Crippen molar-refractivity contribution in [3.05, 3.63) is 89.7 Å². The number of anilines is 1. The van der Waals surface area contributed by atoms with Gasteiger partial charge >= 0.3 is 0 Å². The molecule has 3 aromatic rings. The van der Waals surface area contributed by atoms with Crippen molar-refractivity contribution in [3.8, 4) is 5.75 Å². The first-order chi connectivity index (χ1) is 15.8. The first-order valence-electron chi connectivity index (χ1n) is 10.7. The van der Waals surface area contributed by atoms with Crippen LogP contribution in [0.2, 0.25) is 0 Å². The minimum Gasteiger partial charge on any atom is -0.481 e. The molecular formula is C25H25FN2O4S. The molecule has 1 aliphatic rings. The molecule has 1 amide bonds. The molecule has 0 saturated heterocycles. The number of nitrogens with zero attached hydrogens (tertiary/aromatic N) is 1. The molecule has 3 aromatic carbocycles. The molecule has 0 aliphatic carbocycles. The largest absolute Gasteiger partial charge is 0.481 e. The number of hydrogen-bond acceptors (Lipinski definition) is 4. The van der Waals surface area contributed by atoms with Crippen LogP contribution in [-0.2, 0) is 21.4 Å². The number of amides is 1. The molecule has 0 aromatic heterocycles. The zero-order chi connectivity index (χ0) is 23.6. The maximum absolute atomic E-state index is 13.2. The molecule has 0 fully saturated rings. The van der Waals surface area contributed by atoms with E-state index in [9.17, 15) is 17.6 Å². The normalized spacial score (nSPS) is 17.0. The molecule has 0 saturated carbocycles. The highest BCUT2D eigenvalue weighted by Crippen LogP contribution is 2.34. The third kappa shape index (κ3) is 4.85. The van der Waals surface area contributed by atoms with Gasteiger partial charge in [0, 0.05) is 11.3 Å². The van der Waals surface area contributed by atoms with Crippen LogP contribution in [-0.4, -0.2) is 25.3 Å². The van der Waals surface area contributed by atoms with E-state index in [1.54, 1.807) is 30.0 Å². The number of halogens is 1. The number of carbonyl (C=O) groups is 1. The topological polar surface area (TPSA) is 75.7 Å². The smallest absolute Gasteiger partial charge is 0.264 e. The van der Waals surface area contributed by atoms with Gasteiger partial charge in [-0.1, -0.05) is 37.3 Å². The summed E-state index contributed by atoms with van der Waals surface area (Å²) in [7, 11) is -3.90. The van der Waals surface area contributed by atoms with Crippen LogP contribution in [0.5, 0.6) is 5.75 Å². The molecule has 0 radical (unpaired) electrons. The van der Waals surface area contributed by atoms with Gasteiger partial charge in [-0.2, -0.15) is 0 Å². The number of rotatable bonds is 6. The standard InChI is InChI=1S/C25H25FN2O4S/c1-3-23(18-7-5-4-6-8-18)28-16-19-15-21(11-14-24(19)32-17(2)25(28)29)27-33(30,31)22-12-9-20(26)10-13-22/h4-15,17,23,27H,3,16H2,1-2H3/t17-,23-/m1/s1. The highest BCUT2D eigenvalue weighted by Gasteiger charge is 2.33. The Labute approximate surface area is 193 Å². The van der Waals surface area contributed by atoms with E-state index in [0.717, 1.165) is 17.7 Å². The van der Waals surface area contributed by atoms with E-state index in [1.807, 2.05) is 37.3 Å². The van der Waals surface area contributed by atoms with Crippen molar-refractivity contribution in [2.75, 3.05) is 4.72 Å². The quantitative estimate of drug-likeness (QED) is 0.559. The minimum absolute atomic E-state index is 0.0457. The average Bonchev–Trinajstić information content (AvgIpc) is 2.92. The zero-order valence-corrected chi connectivity index (χ0v) is 19.2. The van der Waals surface area contributed by atoms with Crippen LogP contribution in [0.15, 0.2) is 77.7 Å². The van der Waals surface area contributed by atoms with Crippen molar-refractivity contribution < 1.29 is 22.3 Å². The van der Waals surface area contributed by atoms with Gasteiger partial charge in [-0.25, -0.2) is 12.8 Å². The lowest BCUT2D eigenvalue weighted by Crippen LogP contribution is -2.40. The summed E-state index contributed by atoms with van der Waals surface area (Å²) in [5.74, 6) is -0.111. The van der Waals surface area contributed by atoms with E-state index in [2.05, 4.69) is 4.72 Å². The molecule has 0 unspecified atom stereocenters. The third-order valence-corrected chi connectivity index (χ3v) is 7.06. The second kappa shape index (κ2) is 9.23. The summed E-state index contributed by atoms with van der Waals surface area (Å²) in [5.41, 5.74) is 2.05. The van der Waals surface area contributed by atoms with Crippen LogP contribution >= 0.6 is 0 Å². The predicted molar refractivity (Wildman–Crippen MR) is 124 cm³/mol. The van der Waals surface area contributed by atoms with Crippen molar-refractivity contribution in [1.82, 2.24) is 4.90 Å². The van der Waals surface area contributed by atoms with Gasteiger partial charge in [0.25, 0.3) is 15.9 Å². The Morgan fingerprint density at radius 2 is 1.79 bits per heavy atom. The fourth-order valence-electron chi connectivity index (χ4n) is 4.02. The van der Waals surface area contributed by atoms with E-state index in [-0.39, 0.29) is 23.4 Å². The highest BCUT2D eigenvalue weighted by molar-refractivity contribution is 7.92. The van der Waals surface area contributed by atoms with Gasteiger partial charge in [0.05, 0.1) is 17.5 Å². The van der Waals surface area contributed by atoms with Gasteiger partial charge in [-0.05, 0) is 61.4 Å². The van der Waals surface area contributed by atoms with E-state index >= 15 is 0 Å². The minimum atomic E-state index is -3.90. The van der Waals surface area contributed by atoms with E-state index < -0.39 is 21.9 Å². The number of hydrogen-bond donors (Lipinski definition) is 1. The molecule has 4 rings (SSSR count). The average molecular weight is 469 g/mol. The van der Waals surface area contributed by atoms with Gasteiger partial charge in [0.1, 0.15) is 11.6 Å². The van der Waals surface area contributed by atoms with Gasteiger partial charge in [-0.3, -0.25) is 9.52 Å². The Kier molecular flexibility index (Phi) is 6.37. The van der Waals surface area contributed by atoms with E-state index in [1.165, 1.54) is 12.1 Å². The first kappa shape index (κ1) is 22.8. The fourth-order valence-corrected chi connectivity index (χ4v) is 5.07. The summed E-state index contributed by atoms with van der Waals surface area (Å²) < 4.78 is 47.1. The number of sulfonamides is 1. The second-order valence-electron chi connectivity index (χ2n) is 7.94. The molecule has 6 nitrogen and oxygen atoms in total. The van der Waals surface area contributed by atoms with Crippen LogP contribution in [0.25, 0.3) is 0 Å². The van der Waals surface area contributed by atoms with E-state index in [0.29, 0.717) is 23.4 Å². The van der Waals surface area contributed by atoms with Crippen LogP contribution in [0.3, 0.4) is 0 Å². The van der Waals surface area contributed by atoms with Gasteiger partial charge in [0.15, 0.2) is 6.10 Å². The number of carbonyl (C=O) groups excluding carboxylic acids is 1. The second-order valence-corrected chi connectivity index (χ2v) is 9.63. The third-order valence-electron chi connectivity index (χ3n) is 5.66. The lowest BCUT2D eigenvalue weighted by molar-refractivity contribution is -0.140. The number of nitrogens with one attached hydrogen (secondary N) is 1. The van der Waals surface area contributed by atoms with E-state index in [4.69, 9.17) is 4.74 Å². The van der Waals surface area contributed by atoms with Crippen molar-refractivity contribution >= 4 is 21.6 Å². The van der Waals surface area contributed by atoms with Crippen molar-refractivity contribution in [1.29, 1.82) is 0 Å². The summed E-state index contributed by atoms with van der Waals surface area (Å²) in [6.07, 6.45) is 0.0417. The number of benzene rings is 3. The Hall–Kier alpha value is -3.39. The van der Waals surface area contributed by atoms with Crippen molar-refractivity contribution in [2.45, 2.75) is 43.9 Å². The number of ether oxygens (including phenoxy) is 1. The maximum atomic E-state index is 13.2. The van der Waals surface area contributed by atoms with Gasteiger partial charge in [0.2, 0.25) is 0 Å². The molecular weight excluding hydrogens is 443 g/mol. The van der Waals surface area contributed by atoms with Gasteiger partial charge < -0.3 is 9.64 Å². The van der Waals surface area contributed by atoms with Crippen molar-refractivity contribution in [3.63, 3.8) is 0 Å². The summed E-state index contributed by atoms with van der Waals surface area (Å²) in [6, 6.07) is 19.2. The molecule has 1 aliphatic heterocycles. The SMILES string of the molecule is CC[C@H](c1ccccc1)N1Cc2cc(NS(=O)(=O)c3ccc(F)cc3)ccc2O[C@H](C)C1=O. The monoisotopic (exact) mass is 468 g/mol. The molecule has 2 atom stereocenters. The Balaban J connectivity index is 1.66.